The molecule has 0 unspecified atom stereocenters. The van der Waals surface area contributed by atoms with E-state index in [1.807, 2.05) is 6.07 Å². The minimum atomic E-state index is 0.542. The van der Waals surface area contributed by atoms with E-state index < -0.39 is 0 Å². The number of aromatic amines is 1. The number of methoxy groups -OCH3 is 1. The molecule has 0 fully saturated rings. The highest BCUT2D eigenvalue weighted by Crippen LogP contribution is 2.27. The summed E-state index contributed by atoms with van der Waals surface area (Å²) < 4.78 is 5.43. The molecule has 0 aliphatic heterocycles. The van der Waals surface area contributed by atoms with Crippen molar-refractivity contribution in [3.05, 3.63) is 102 Å². The number of nitrogens with one attached hydrogen (secondary N) is 1. The van der Waals surface area contributed by atoms with Gasteiger partial charge in [0, 0.05) is 17.1 Å². The highest BCUT2D eigenvalue weighted by Gasteiger charge is 2.15. The average Bonchev–Trinajstić information content (AvgIpc) is 3.11. The maximum absolute atomic E-state index is 5.43. The summed E-state index contributed by atoms with van der Waals surface area (Å²) >= 11 is 0. The normalized spacial score (nSPS) is 11.2. The SMILES string of the molecule is COc1ccc2[nH]cc(CC(Cc3ccccc3)Cc3ccccc3)c2c1. The summed E-state index contributed by atoms with van der Waals surface area (Å²) in [6, 6.07) is 27.9. The minimum Gasteiger partial charge on any atom is -0.497 e. The van der Waals surface area contributed by atoms with Gasteiger partial charge in [0.15, 0.2) is 0 Å². The van der Waals surface area contributed by atoms with Crippen molar-refractivity contribution in [3.8, 4) is 5.75 Å². The van der Waals surface area contributed by atoms with Gasteiger partial charge in [0.25, 0.3) is 0 Å². The molecule has 0 saturated carbocycles. The van der Waals surface area contributed by atoms with Gasteiger partial charge in [-0.2, -0.15) is 0 Å². The summed E-state index contributed by atoms with van der Waals surface area (Å²) in [5.41, 5.74) is 5.33. The maximum atomic E-state index is 5.43. The molecule has 1 N–H and O–H groups in total. The smallest absolute Gasteiger partial charge is 0.119 e. The van der Waals surface area contributed by atoms with Crippen LogP contribution < -0.4 is 4.74 Å². The van der Waals surface area contributed by atoms with Crippen molar-refractivity contribution in [2.45, 2.75) is 19.3 Å². The molecule has 4 aromatic rings. The van der Waals surface area contributed by atoms with Crippen LogP contribution >= 0.6 is 0 Å². The first-order valence-electron chi connectivity index (χ1n) is 9.53. The molecule has 1 heterocycles. The van der Waals surface area contributed by atoms with E-state index in [-0.39, 0.29) is 0 Å². The van der Waals surface area contributed by atoms with E-state index in [0.717, 1.165) is 25.0 Å². The molecule has 136 valence electrons. The fourth-order valence-corrected chi connectivity index (χ4v) is 3.88. The third kappa shape index (κ3) is 4.22. The van der Waals surface area contributed by atoms with Gasteiger partial charge in [0.2, 0.25) is 0 Å². The lowest BCUT2D eigenvalue weighted by atomic mass is 9.87. The Kier molecular flexibility index (Phi) is 5.24. The second kappa shape index (κ2) is 8.13. The van der Waals surface area contributed by atoms with Crippen LogP contribution in [-0.2, 0) is 19.3 Å². The molecule has 0 atom stereocenters. The van der Waals surface area contributed by atoms with Gasteiger partial charge in [-0.3, -0.25) is 0 Å². The number of hydrogen-bond donors (Lipinski definition) is 1. The zero-order chi connectivity index (χ0) is 18.5. The zero-order valence-corrected chi connectivity index (χ0v) is 15.7. The molecule has 0 amide bonds. The monoisotopic (exact) mass is 355 g/mol. The van der Waals surface area contributed by atoms with E-state index in [4.69, 9.17) is 4.74 Å². The second-order valence-electron chi connectivity index (χ2n) is 7.18. The molecule has 1 aromatic heterocycles. The van der Waals surface area contributed by atoms with Gasteiger partial charge in [-0.25, -0.2) is 0 Å². The molecule has 0 aliphatic carbocycles. The Morgan fingerprint density at radius 2 is 1.41 bits per heavy atom. The predicted octanol–water partition coefficient (Wildman–Crippen LogP) is 5.82. The van der Waals surface area contributed by atoms with Crippen LogP contribution in [0.15, 0.2) is 85.1 Å². The van der Waals surface area contributed by atoms with Crippen molar-refractivity contribution < 1.29 is 4.74 Å². The number of hydrogen-bond acceptors (Lipinski definition) is 1. The molecule has 27 heavy (non-hydrogen) atoms. The first kappa shape index (κ1) is 17.4. The van der Waals surface area contributed by atoms with Crippen molar-refractivity contribution in [1.29, 1.82) is 0 Å². The van der Waals surface area contributed by atoms with Gasteiger partial charge < -0.3 is 9.72 Å². The van der Waals surface area contributed by atoms with E-state index in [0.29, 0.717) is 5.92 Å². The van der Waals surface area contributed by atoms with Crippen molar-refractivity contribution in [2.75, 3.05) is 7.11 Å². The number of benzene rings is 3. The third-order valence-electron chi connectivity index (χ3n) is 5.22. The van der Waals surface area contributed by atoms with Gasteiger partial charge in [-0.1, -0.05) is 60.7 Å². The van der Waals surface area contributed by atoms with E-state index >= 15 is 0 Å². The second-order valence-corrected chi connectivity index (χ2v) is 7.18. The largest absolute Gasteiger partial charge is 0.497 e. The Labute approximate surface area is 160 Å². The van der Waals surface area contributed by atoms with E-state index in [1.54, 1.807) is 7.11 Å². The van der Waals surface area contributed by atoms with Crippen LogP contribution in [0.25, 0.3) is 10.9 Å². The van der Waals surface area contributed by atoms with Crippen LogP contribution in [0.5, 0.6) is 5.75 Å². The standard InChI is InChI=1S/C25H25NO/c1-27-23-12-13-25-24(17-23)22(18-26-25)16-21(14-19-8-4-2-5-9-19)15-20-10-6-3-7-11-20/h2-13,17-18,21,26H,14-16H2,1H3. The third-order valence-corrected chi connectivity index (χ3v) is 5.22. The van der Waals surface area contributed by atoms with Gasteiger partial charge >= 0.3 is 0 Å². The first-order valence-corrected chi connectivity index (χ1v) is 9.53. The van der Waals surface area contributed by atoms with Crippen LogP contribution in [0, 0.1) is 5.92 Å². The topological polar surface area (TPSA) is 25.0 Å². The molecule has 2 nitrogen and oxygen atoms in total. The van der Waals surface area contributed by atoms with Crippen LogP contribution in [-0.4, -0.2) is 12.1 Å². The van der Waals surface area contributed by atoms with E-state index in [2.05, 4.69) is 84.0 Å². The minimum absolute atomic E-state index is 0.542. The fraction of sp³-hybridized carbons (Fsp3) is 0.200. The molecule has 3 aromatic carbocycles. The van der Waals surface area contributed by atoms with Crippen LogP contribution in [0.3, 0.4) is 0 Å². The average molecular weight is 355 g/mol. The summed E-state index contributed by atoms with van der Waals surface area (Å²) in [4.78, 5) is 3.42. The maximum Gasteiger partial charge on any atom is 0.119 e. The summed E-state index contributed by atoms with van der Waals surface area (Å²) in [7, 11) is 1.72. The number of fused-ring (bicyclic) bond motifs is 1. The lowest BCUT2D eigenvalue weighted by Gasteiger charge is -2.17. The Balaban J connectivity index is 1.62. The molecule has 0 radical (unpaired) electrons. The number of ether oxygens (including phenoxy) is 1. The summed E-state index contributed by atoms with van der Waals surface area (Å²) in [6.45, 7) is 0. The molecule has 0 saturated heterocycles. The molecule has 0 spiro atoms. The first-order chi connectivity index (χ1) is 13.3. The number of aromatic nitrogens is 1. The molecular weight excluding hydrogens is 330 g/mol. The highest BCUT2D eigenvalue weighted by atomic mass is 16.5. The summed E-state index contributed by atoms with van der Waals surface area (Å²) in [5.74, 6) is 1.45. The Morgan fingerprint density at radius 1 is 0.778 bits per heavy atom. The highest BCUT2D eigenvalue weighted by molar-refractivity contribution is 5.84. The lowest BCUT2D eigenvalue weighted by Crippen LogP contribution is -2.11. The number of H-pyrrole nitrogens is 1. The van der Waals surface area contributed by atoms with Crippen LogP contribution in [0.4, 0.5) is 0 Å². The summed E-state index contributed by atoms with van der Waals surface area (Å²) in [5, 5.41) is 1.26. The van der Waals surface area contributed by atoms with Crippen molar-refractivity contribution in [2.24, 2.45) is 5.92 Å². The Morgan fingerprint density at radius 3 is 2.00 bits per heavy atom. The Hall–Kier alpha value is -3.00. The van der Waals surface area contributed by atoms with Gasteiger partial charge in [-0.05, 0) is 60.1 Å². The summed E-state index contributed by atoms with van der Waals surface area (Å²) in [6.07, 6.45) is 5.35. The number of rotatable bonds is 7. The van der Waals surface area contributed by atoms with Crippen molar-refractivity contribution >= 4 is 10.9 Å². The van der Waals surface area contributed by atoms with Crippen LogP contribution in [0.1, 0.15) is 16.7 Å². The quantitative estimate of drug-likeness (QED) is 0.444. The van der Waals surface area contributed by atoms with Crippen molar-refractivity contribution in [3.63, 3.8) is 0 Å². The molecule has 4 rings (SSSR count). The van der Waals surface area contributed by atoms with E-state index in [9.17, 15) is 0 Å². The van der Waals surface area contributed by atoms with Crippen molar-refractivity contribution in [1.82, 2.24) is 4.98 Å². The van der Waals surface area contributed by atoms with E-state index in [1.165, 1.54) is 27.6 Å². The lowest BCUT2D eigenvalue weighted by molar-refractivity contribution is 0.415. The predicted molar refractivity (Wildman–Crippen MR) is 112 cm³/mol. The zero-order valence-electron chi connectivity index (χ0n) is 15.7. The molecular formula is C25H25NO. The van der Waals surface area contributed by atoms with Crippen LogP contribution in [0.2, 0.25) is 0 Å². The molecule has 2 heteroatoms. The fourth-order valence-electron chi connectivity index (χ4n) is 3.88. The molecule has 0 aliphatic rings. The van der Waals surface area contributed by atoms with Gasteiger partial charge in [0.05, 0.1) is 7.11 Å². The van der Waals surface area contributed by atoms with Gasteiger partial charge in [0.1, 0.15) is 5.75 Å². The molecule has 0 bridgehead atoms. The Bertz CT molecular complexity index is 947. The van der Waals surface area contributed by atoms with Gasteiger partial charge in [-0.15, -0.1) is 0 Å².